The molecule has 1 heterocycles. The zero-order valence-electron chi connectivity index (χ0n) is 49.0. The van der Waals surface area contributed by atoms with E-state index >= 15 is 0 Å². The van der Waals surface area contributed by atoms with E-state index in [1.807, 2.05) is 0 Å². The van der Waals surface area contributed by atoms with Crippen molar-refractivity contribution >= 4 is 23.9 Å². The normalized spacial score (nSPS) is 18.4. The average molecular weight is 1090 g/mol. The number of carbonyl (C=O) groups excluding carboxylic acids is 3. The summed E-state index contributed by atoms with van der Waals surface area (Å²) in [7, 11) is 0. The molecule has 0 aromatic carbocycles. The lowest BCUT2D eigenvalue weighted by Gasteiger charge is -2.40. The van der Waals surface area contributed by atoms with Crippen LogP contribution in [0.4, 0.5) is 0 Å². The van der Waals surface area contributed by atoms with Gasteiger partial charge in [-0.05, 0) is 109 Å². The Kier molecular flexibility index (Phi) is 49.2. The topological polar surface area (TPSA) is 175 Å². The van der Waals surface area contributed by atoms with E-state index in [0.29, 0.717) is 19.3 Å². The molecule has 0 aromatic heterocycles. The fourth-order valence-corrected chi connectivity index (χ4v) is 9.19. The smallest absolute Gasteiger partial charge is 0.335 e. The first kappa shape index (κ1) is 71.4. The minimum absolute atomic E-state index is 0.0484. The first-order valence-corrected chi connectivity index (χ1v) is 31.3. The van der Waals surface area contributed by atoms with Gasteiger partial charge in [0.2, 0.25) is 0 Å². The largest absolute Gasteiger partial charge is 0.479 e. The number of ether oxygens (including phenoxy) is 5. The molecule has 444 valence electrons. The lowest BCUT2D eigenvalue weighted by atomic mass is 9.98. The Labute approximate surface area is 468 Å². The number of rotatable bonds is 53. The van der Waals surface area contributed by atoms with Gasteiger partial charge in [-0.25, -0.2) is 4.79 Å². The fraction of sp³-hybridized carbons (Fsp3) is 0.785. The predicted octanol–water partition coefficient (Wildman–Crippen LogP) is 16.3. The molecule has 3 N–H and O–H groups in total. The molecule has 77 heavy (non-hydrogen) atoms. The molecular weight excluding hydrogens is 973 g/mol. The molecule has 6 atom stereocenters. The second-order valence-corrected chi connectivity index (χ2v) is 21.3. The van der Waals surface area contributed by atoms with Crippen molar-refractivity contribution in [3.63, 3.8) is 0 Å². The number of carboxylic acids is 1. The van der Waals surface area contributed by atoms with E-state index < -0.39 is 67.3 Å². The number of carbonyl (C=O) groups is 4. The Morgan fingerprint density at radius 3 is 1.23 bits per heavy atom. The number of hydrogen-bond acceptors (Lipinski definition) is 11. The maximum Gasteiger partial charge on any atom is 0.335 e. The van der Waals surface area contributed by atoms with Crippen LogP contribution in [0.2, 0.25) is 0 Å². The highest BCUT2D eigenvalue weighted by Gasteiger charge is 2.50. The molecule has 0 aromatic rings. The summed E-state index contributed by atoms with van der Waals surface area (Å²) in [6, 6.07) is 0. The van der Waals surface area contributed by atoms with Gasteiger partial charge in [0.1, 0.15) is 18.8 Å². The third kappa shape index (κ3) is 43.0. The second-order valence-electron chi connectivity index (χ2n) is 21.3. The Bertz CT molecular complexity index is 1570. The van der Waals surface area contributed by atoms with Crippen molar-refractivity contribution in [3.05, 3.63) is 60.8 Å². The number of aliphatic hydroxyl groups excluding tert-OH is 2. The van der Waals surface area contributed by atoms with Crippen LogP contribution in [0.25, 0.3) is 0 Å². The van der Waals surface area contributed by atoms with Gasteiger partial charge in [0.25, 0.3) is 0 Å². The molecule has 1 aliphatic rings. The van der Waals surface area contributed by atoms with Crippen molar-refractivity contribution in [3.8, 4) is 0 Å². The molecule has 0 aliphatic carbocycles. The van der Waals surface area contributed by atoms with Gasteiger partial charge >= 0.3 is 23.9 Å². The van der Waals surface area contributed by atoms with Gasteiger partial charge in [0, 0.05) is 19.3 Å². The monoisotopic (exact) mass is 1080 g/mol. The summed E-state index contributed by atoms with van der Waals surface area (Å²) in [6.07, 6.45) is 53.2. The maximum absolute atomic E-state index is 13.1. The van der Waals surface area contributed by atoms with Crippen molar-refractivity contribution in [1.82, 2.24) is 0 Å². The van der Waals surface area contributed by atoms with Gasteiger partial charge in [-0.2, -0.15) is 0 Å². The molecule has 0 spiro atoms. The first-order chi connectivity index (χ1) is 37.6. The van der Waals surface area contributed by atoms with Crippen molar-refractivity contribution in [2.24, 2.45) is 0 Å². The summed E-state index contributed by atoms with van der Waals surface area (Å²) >= 11 is 0. The van der Waals surface area contributed by atoms with E-state index in [0.717, 1.165) is 128 Å². The van der Waals surface area contributed by atoms with Crippen LogP contribution in [0.15, 0.2) is 60.8 Å². The minimum Gasteiger partial charge on any atom is -0.479 e. The van der Waals surface area contributed by atoms with E-state index in [2.05, 4.69) is 81.5 Å². The van der Waals surface area contributed by atoms with Crippen molar-refractivity contribution < 1.29 is 58.2 Å². The first-order valence-electron chi connectivity index (χ1n) is 31.3. The average Bonchev–Trinajstić information content (AvgIpc) is 3.42. The summed E-state index contributed by atoms with van der Waals surface area (Å²) in [6.45, 7) is 5.94. The molecule has 0 amide bonds. The van der Waals surface area contributed by atoms with Crippen LogP contribution in [0.5, 0.6) is 0 Å². The number of aliphatic carboxylic acids is 1. The van der Waals surface area contributed by atoms with Crippen molar-refractivity contribution in [2.75, 3.05) is 13.2 Å². The van der Waals surface area contributed by atoms with Crippen LogP contribution in [0.1, 0.15) is 278 Å². The van der Waals surface area contributed by atoms with E-state index in [1.165, 1.54) is 89.9 Å². The number of unbranched alkanes of at least 4 members (excludes halogenated alkanes) is 29. The zero-order valence-corrected chi connectivity index (χ0v) is 49.0. The van der Waals surface area contributed by atoms with E-state index in [-0.39, 0.29) is 25.9 Å². The molecule has 1 rings (SSSR count). The van der Waals surface area contributed by atoms with Crippen molar-refractivity contribution in [2.45, 2.75) is 314 Å². The number of carboxylic acid groups (broad SMARTS) is 1. The fourth-order valence-electron chi connectivity index (χ4n) is 9.19. The van der Waals surface area contributed by atoms with Gasteiger partial charge in [0.05, 0.1) is 6.61 Å². The minimum atomic E-state index is -1.91. The Morgan fingerprint density at radius 1 is 0.429 bits per heavy atom. The van der Waals surface area contributed by atoms with E-state index in [4.69, 9.17) is 23.7 Å². The van der Waals surface area contributed by atoms with Crippen molar-refractivity contribution in [1.29, 1.82) is 0 Å². The molecule has 1 saturated heterocycles. The number of hydrogen-bond donors (Lipinski definition) is 3. The van der Waals surface area contributed by atoms with Gasteiger partial charge in [-0.1, -0.05) is 210 Å². The molecular formula is C65H112O12. The SMILES string of the molecule is CCCCC/C=C\C/C=C\C/C=C\CCCCCCCCC(=O)OCC(COC1OC(C(=O)O)C(O)C(O)C1OC(=O)CCCCCCC/C=C\CCCCCCCC)OC(=O)CCCCCCC/C=C\CCCCCC. The molecule has 1 aliphatic heterocycles. The van der Waals surface area contributed by atoms with E-state index in [1.54, 1.807) is 0 Å². The van der Waals surface area contributed by atoms with Crippen LogP contribution < -0.4 is 0 Å². The molecule has 0 saturated carbocycles. The maximum atomic E-state index is 13.1. The molecule has 6 unspecified atom stereocenters. The van der Waals surface area contributed by atoms with E-state index in [9.17, 15) is 34.5 Å². The number of allylic oxidation sites excluding steroid dienone is 10. The molecule has 0 radical (unpaired) electrons. The molecule has 12 nitrogen and oxygen atoms in total. The Morgan fingerprint density at radius 2 is 0.779 bits per heavy atom. The van der Waals surface area contributed by atoms with Gasteiger partial charge in [-0.3, -0.25) is 14.4 Å². The summed E-state index contributed by atoms with van der Waals surface area (Å²) in [4.78, 5) is 51.2. The second kappa shape index (κ2) is 53.1. The van der Waals surface area contributed by atoms with Crippen LogP contribution in [-0.4, -0.2) is 89.2 Å². The van der Waals surface area contributed by atoms with Crippen LogP contribution in [0.3, 0.4) is 0 Å². The third-order valence-electron chi connectivity index (χ3n) is 14.0. The lowest BCUT2D eigenvalue weighted by molar-refractivity contribution is -0.301. The van der Waals surface area contributed by atoms with Crippen LogP contribution in [-0.2, 0) is 42.9 Å². The standard InChI is InChI=1S/C65H112O12/c1-4-7-10-13-16-19-22-25-27-28-29-30-32-34-36-39-42-45-48-51-57(66)73-54-56(75-58(67)52-49-46-43-40-37-33-24-21-18-15-12-9-6-3)55-74-65-63(61(70)60(69)62(77-65)64(71)72)76-59(68)53-50-47-44-41-38-35-31-26-23-20-17-14-11-8-5-2/h16,19,21,24-27,29-31,56,60-63,65,69-70H,4-15,17-18,20,22-23,28,32-55H2,1-3H3,(H,71,72)/b19-16-,24-21-,27-25-,30-29-,31-26-. The van der Waals surface area contributed by atoms with Crippen LogP contribution >= 0.6 is 0 Å². The van der Waals surface area contributed by atoms with Crippen LogP contribution in [0, 0.1) is 0 Å². The highest BCUT2D eigenvalue weighted by molar-refractivity contribution is 5.74. The molecule has 0 bridgehead atoms. The van der Waals surface area contributed by atoms with Gasteiger partial charge in [-0.15, -0.1) is 0 Å². The Hall–Kier alpha value is -3.58. The molecule has 1 fully saturated rings. The van der Waals surface area contributed by atoms with Gasteiger partial charge in [0.15, 0.2) is 24.6 Å². The quantitative estimate of drug-likeness (QED) is 0.0228. The Balaban J connectivity index is 2.68. The predicted molar refractivity (Wildman–Crippen MR) is 312 cm³/mol. The third-order valence-corrected chi connectivity index (χ3v) is 14.0. The summed E-state index contributed by atoms with van der Waals surface area (Å²) in [5.74, 6) is -3.15. The molecule has 12 heteroatoms. The lowest BCUT2D eigenvalue weighted by Crippen LogP contribution is -2.61. The van der Waals surface area contributed by atoms with Gasteiger partial charge < -0.3 is 39.0 Å². The number of esters is 3. The number of aliphatic hydroxyl groups is 2. The zero-order chi connectivity index (χ0) is 56.1. The summed E-state index contributed by atoms with van der Waals surface area (Å²) in [5, 5.41) is 31.5. The summed E-state index contributed by atoms with van der Waals surface area (Å²) < 4.78 is 28.5. The summed E-state index contributed by atoms with van der Waals surface area (Å²) in [5.41, 5.74) is 0. The highest BCUT2D eigenvalue weighted by Crippen LogP contribution is 2.26. The highest BCUT2D eigenvalue weighted by atomic mass is 16.7.